The molecular weight excluding hydrogens is 240 g/mol. The molecule has 3 atom stereocenters. The number of hydrogen-bond donors (Lipinski definition) is 1. The van der Waals surface area contributed by atoms with E-state index >= 15 is 0 Å². The minimum Gasteiger partial charge on any atom is -0.391 e. The van der Waals surface area contributed by atoms with Gasteiger partial charge in [0.05, 0.1) is 19.3 Å². The fourth-order valence-electron chi connectivity index (χ4n) is 3.98. The van der Waals surface area contributed by atoms with Crippen molar-refractivity contribution in [3.63, 3.8) is 0 Å². The Kier molecular flexibility index (Phi) is 4.74. The first-order chi connectivity index (χ1) is 9.33. The van der Waals surface area contributed by atoms with Crippen LogP contribution in [0.4, 0.5) is 0 Å². The van der Waals surface area contributed by atoms with Crippen molar-refractivity contribution in [1.29, 1.82) is 0 Å². The number of ether oxygens (including phenoxy) is 1. The fourth-order valence-corrected chi connectivity index (χ4v) is 3.98. The molecule has 1 saturated carbocycles. The minimum atomic E-state index is -0.0733. The summed E-state index contributed by atoms with van der Waals surface area (Å²) < 4.78 is 5.41. The predicted octanol–water partition coefficient (Wildman–Crippen LogP) is 0.944. The van der Waals surface area contributed by atoms with Crippen molar-refractivity contribution in [3.05, 3.63) is 0 Å². The van der Waals surface area contributed by atoms with Crippen molar-refractivity contribution >= 4 is 0 Å². The maximum Gasteiger partial charge on any atom is 0.0695 e. The topological polar surface area (TPSA) is 35.9 Å². The van der Waals surface area contributed by atoms with E-state index in [1.807, 2.05) is 0 Å². The Bertz CT molecular complexity index is 281. The number of aliphatic hydroxyl groups is 1. The first-order valence-corrected chi connectivity index (χ1v) is 8.05. The third kappa shape index (κ3) is 3.48. The summed E-state index contributed by atoms with van der Waals surface area (Å²) in [4.78, 5) is 5.11. The summed E-state index contributed by atoms with van der Waals surface area (Å²) in [6, 6.07) is 0.448. The van der Waals surface area contributed by atoms with Gasteiger partial charge in [0.25, 0.3) is 0 Å². The number of aliphatic hydroxyl groups excluding tert-OH is 1. The summed E-state index contributed by atoms with van der Waals surface area (Å²) in [5.74, 6) is 0.798. The van der Waals surface area contributed by atoms with Gasteiger partial charge in [0.15, 0.2) is 0 Å². The summed E-state index contributed by atoms with van der Waals surface area (Å²) in [6.07, 6.45) is 5.95. The zero-order valence-corrected chi connectivity index (χ0v) is 12.0. The van der Waals surface area contributed by atoms with Gasteiger partial charge < -0.3 is 9.84 Å². The average Bonchev–Trinajstić information content (AvgIpc) is 2.89. The van der Waals surface area contributed by atoms with Gasteiger partial charge in [0.2, 0.25) is 0 Å². The molecule has 4 heteroatoms. The second kappa shape index (κ2) is 6.53. The third-order valence-electron chi connectivity index (χ3n) is 5.10. The van der Waals surface area contributed by atoms with E-state index in [0.29, 0.717) is 6.04 Å². The first kappa shape index (κ1) is 13.8. The van der Waals surface area contributed by atoms with E-state index in [1.54, 1.807) is 0 Å². The lowest BCUT2D eigenvalue weighted by Gasteiger charge is -2.35. The van der Waals surface area contributed by atoms with Crippen LogP contribution in [-0.2, 0) is 4.74 Å². The summed E-state index contributed by atoms with van der Waals surface area (Å²) >= 11 is 0. The summed E-state index contributed by atoms with van der Waals surface area (Å²) in [5.41, 5.74) is 0. The maximum absolute atomic E-state index is 10.2. The third-order valence-corrected chi connectivity index (χ3v) is 5.10. The molecule has 0 spiro atoms. The molecule has 0 aromatic carbocycles. The fraction of sp³-hybridized carbons (Fsp3) is 1.00. The van der Waals surface area contributed by atoms with Crippen LogP contribution in [0.3, 0.4) is 0 Å². The lowest BCUT2D eigenvalue weighted by Crippen LogP contribution is -2.45. The largest absolute Gasteiger partial charge is 0.391 e. The van der Waals surface area contributed by atoms with Gasteiger partial charge in [-0.3, -0.25) is 9.80 Å². The van der Waals surface area contributed by atoms with Gasteiger partial charge in [-0.05, 0) is 31.7 Å². The normalized spacial score (nSPS) is 38.7. The van der Waals surface area contributed by atoms with Crippen molar-refractivity contribution in [2.75, 3.05) is 45.9 Å². The van der Waals surface area contributed by atoms with Crippen molar-refractivity contribution in [1.82, 2.24) is 9.80 Å². The Balaban J connectivity index is 1.46. The Morgan fingerprint density at radius 1 is 1.00 bits per heavy atom. The molecule has 3 aliphatic rings. The predicted molar refractivity (Wildman–Crippen MR) is 75.2 cm³/mol. The number of likely N-dealkylation sites (tertiary alicyclic amines) is 1. The average molecular weight is 268 g/mol. The highest BCUT2D eigenvalue weighted by molar-refractivity contribution is 4.88. The van der Waals surface area contributed by atoms with Gasteiger partial charge >= 0.3 is 0 Å². The summed E-state index contributed by atoms with van der Waals surface area (Å²) in [7, 11) is 0. The molecule has 4 nitrogen and oxygen atoms in total. The molecule has 2 saturated heterocycles. The molecule has 110 valence electrons. The minimum absolute atomic E-state index is 0.0733. The van der Waals surface area contributed by atoms with E-state index in [1.165, 1.54) is 45.3 Å². The van der Waals surface area contributed by atoms with Crippen LogP contribution in [0.2, 0.25) is 0 Å². The van der Waals surface area contributed by atoms with Crippen LogP contribution in [0.1, 0.15) is 32.1 Å². The van der Waals surface area contributed by atoms with E-state index in [0.717, 1.165) is 38.6 Å². The Hall–Kier alpha value is -0.160. The van der Waals surface area contributed by atoms with E-state index in [4.69, 9.17) is 4.74 Å². The smallest absolute Gasteiger partial charge is 0.0695 e. The van der Waals surface area contributed by atoms with E-state index < -0.39 is 0 Å². The van der Waals surface area contributed by atoms with Crippen LogP contribution in [-0.4, -0.2) is 73.0 Å². The van der Waals surface area contributed by atoms with Crippen molar-refractivity contribution in [3.8, 4) is 0 Å². The number of nitrogens with zero attached hydrogens (tertiary/aromatic N) is 2. The molecule has 2 aliphatic heterocycles. The van der Waals surface area contributed by atoms with Crippen molar-refractivity contribution < 1.29 is 9.84 Å². The maximum atomic E-state index is 10.2. The molecular formula is C15H28N2O2. The van der Waals surface area contributed by atoms with Gasteiger partial charge in [-0.2, -0.15) is 0 Å². The lowest BCUT2D eigenvalue weighted by molar-refractivity contribution is 0.0211. The second-order valence-electron chi connectivity index (χ2n) is 6.48. The monoisotopic (exact) mass is 268 g/mol. The number of hydrogen-bond acceptors (Lipinski definition) is 4. The molecule has 0 bridgehead atoms. The summed E-state index contributed by atoms with van der Waals surface area (Å²) in [6.45, 7) is 7.61. The molecule has 19 heavy (non-hydrogen) atoms. The summed E-state index contributed by atoms with van der Waals surface area (Å²) in [5, 5.41) is 10.2. The van der Waals surface area contributed by atoms with Gasteiger partial charge in [-0.1, -0.05) is 12.8 Å². The molecule has 0 aromatic rings. The van der Waals surface area contributed by atoms with Gasteiger partial charge in [0.1, 0.15) is 0 Å². The highest BCUT2D eigenvalue weighted by Crippen LogP contribution is 2.28. The van der Waals surface area contributed by atoms with Crippen LogP contribution in [0.15, 0.2) is 0 Å². The highest BCUT2D eigenvalue weighted by Gasteiger charge is 2.34. The highest BCUT2D eigenvalue weighted by atomic mass is 16.5. The van der Waals surface area contributed by atoms with Crippen LogP contribution in [0, 0.1) is 5.92 Å². The SMILES string of the molecule is OC1CCCCC1N1CCC(CN2CCOCC2)C1. The number of morpholine rings is 1. The zero-order valence-electron chi connectivity index (χ0n) is 12.0. The zero-order chi connectivity index (χ0) is 13.1. The Labute approximate surface area is 116 Å². The second-order valence-corrected chi connectivity index (χ2v) is 6.48. The molecule has 2 heterocycles. The van der Waals surface area contributed by atoms with Crippen LogP contribution in [0.5, 0.6) is 0 Å². The molecule has 1 aliphatic carbocycles. The molecule has 1 N–H and O–H groups in total. The first-order valence-electron chi connectivity index (χ1n) is 8.05. The molecule has 0 radical (unpaired) electrons. The van der Waals surface area contributed by atoms with E-state index in [9.17, 15) is 5.11 Å². The molecule has 0 aromatic heterocycles. The van der Waals surface area contributed by atoms with Crippen LogP contribution in [0.25, 0.3) is 0 Å². The quantitative estimate of drug-likeness (QED) is 0.826. The van der Waals surface area contributed by atoms with Crippen LogP contribution >= 0.6 is 0 Å². The molecule has 3 unspecified atom stereocenters. The molecule has 3 fully saturated rings. The van der Waals surface area contributed by atoms with Crippen molar-refractivity contribution in [2.45, 2.75) is 44.2 Å². The van der Waals surface area contributed by atoms with Crippen LogP contribution < -0.4 is 0 Å². The number of rotatable bonds is 3. The Morgan fingerprint density at radius 3 is 2.58 bits per heavy atom. The molecule has 0 amide bonds. The lowest BCUT2D eigenvalue weighted by atomic mass is 9.91. The van der Waals surface area contributed by atoms with Gasteiger partial charge in [-0.25, -0.2) is 0 Å². The van der Waals surface area contributed by atoms with Gasteiger partial charge in [0, 0.05) is 32.2 Å². The van der Waals surface area contributed by atoms with E-state index in [-0.39, 0.29) is 6.10 Å². The Morgan fingerprint density at radius 2 is 1.79 bits per heavy atom. The van der Waals surface area contributed by atoms with Crippen molar-refractivity contribution in [2.24, 2.45) is 5.92 Å². The molecule has 3 rings (SSSR count). The van der Waals surface area contributed by atoms with Gasteiger partial charge in [-0.15, -0.1) is 0 Å². The standard InChI is InChI=1S/C15H28N2O2/c18-15-4-2-1-3-14(15)17-6-5-13(12-17)11-16-7-9-19-10-8-16/h13-15,18H,1-12H2. The van der Waals surface area contributed by atoms with E-state index in [2.05, 4.69) is 9.80 Å².